The molecule has 7 heteroatoms. The first-order chi connectivity index (χ1) is 14.1. The van der Waals surface area contributed by atoms with E-state index in [1.54, 1.807) is 11.3 Å². The van der Waals surface area contributed by atoms with Crippen LogP contribution in [0.5, 0.6) is 0 Å². The average molecular weight is 416 g/mol. The fourth-order valence-electron chi connectivity index (χ4n) is 3.72. The molecule has 0 bridgehead atoms. The van der Waals surface area contributed by atoms with Crippen molar-refractivity contribution in [1.82, 2.24) is 20.9 Å². The van der Waals surface area contributed by atoms with Crippen molar-refractivity contribution < 1.29 is 4.74 Å². The van der Waals surface area contributed by atoms with E-state index in [2.05, 4.69) is 68.6 Å². The van der Waals surface area contributed by atoms with Crippen molar-refractivity contribution in [3.8, 4) is 0 Å². The van der Waals surface area contributed by atoms with Gasteiger partial charge in [0, 0.05) is 56.7 Å². The summed E-state index contributed by atoms with van der Waals surface area (Å²) in [5.41, 5.74) is 2.42. The Morgan fingerprint density at radius 1 is 1.24 bits per heavy atom. The van der Waals surface area contributed by atoms with E-state index in [0.717, 1.165) is 62.2 Å². The number of hydrogen-bond acceptors (Lipinski definition) is 5. The molecule has 3 N–H and O–H groups in total. The van der Waals surface area contributed by atoms with Crippen LogP contribution in [-0.2, 0) is 11.2 Å². The Balaban J connectivity index is 1.54. The minimum atomic E-state index is -0.0167. The quantitative estimate of drug-likeness (QED) is 0.457. The van der Waals surface area contributed by atoms with Gasteiger partial charge in [0.2, 0.25) is 0 Å². The number of aryl methyl sites for hydroxylation is 1. The lowest BCUT2D eigenvalue weighted by atomic mass is 9.88. The molecule has 3 rings (SSSR count). The van der Waals surface area contributed by atoms with E-state index >= 15 is 0 Å². The lowest BCUT2D eigenvalue weighted by molar-refractivity contribution is 0.0355. The zero-order valence-corrected chi connectivity index (χ0v) is 18.5. The summed E-state index contributed by atoms with van der Waals surface area (Å²) < 4.78 is 5.64. The summed E-state index contributed by atoms with van der Waals surface area (Å²) >= 11 is 1.70. The van der Waals surface area contributed by atoms with Crippen molar-refractivity contribution in [3.05, 3.63) is 52.0 Å². The summed E-state index contributed by atoms with van der Waals surface area (Å²) in [5.74, 6) is 0.831. The molecule has 1 unspecified atom stereocenters. The van der Waals surface area contributed by atoms with Gasteiger partial charge in [0.05, 0.1) is 10.7 Å². The minimum Gasteiger partial charge on any atom is -0.381 e. The molecule has 1 fully saturated rings. The molecule has 0 spiro atoms. The SMILES string of the molecule is CN=C(NCCc1csc(C)n1)NCC1(NC(C)c2ccccc2)CCOCC1. The molecule has 0 saturated carbocycles. The maximum atomic E-state index is 5.64. The number of thiazole rings is 1. The second-order valence-electron chi connectivity index (χ2n) is 7.63. The minimum absolute atomic E-state index is 0.0167. The molecule has 0 radical (unpaired) electrons. The lowest BCUT2D eigenvalue weighted by Gasteiger charge is -2.41. The Kier molecular flexibility index (Phi) is 8.03. The summed E-state index contributed by atoms with van der Waals surface area (Å²) in [6.07, 6.45) is 2.85. The van der Waals surface area contributed by atoms with Gasteiger partial charge in [-0.3, -0.25) is 4.99 Å². The molecular formula is C22H33N5OS. The number of benzene rings is 1. The number of nitrogens with one attached hydrogen (secondary N) is 3. The number of aliphatic imine (C=N–C) groups is 1. The van der Waals surface area contributed by atoms with Crippen molar-refractivity contribution in [2.45, 2.75) is 44.7 Å². The predicted molar refractivity (Wildman–Crippen MR) is 121 cm³/mol. The smallest absolute Gasteiger partial charge is 0.191 e. The molecule has 0 amide bonds. The van der Waals surface area contributed by atoms with Gasteiger partial charge in [-0.05, 0) is 32.3 Å². The van der Waals surface area contributed by atoms with E-state index in [1.807, 2.05) is 14.0 Å². The molecule has 2 aromatic rings. The highest BCUT2D eigenvalue weighted by Crippen LogP contribution is 2.25. The van der Waals surface area contributed by atoms with Crippen LogP contribution in [0.2, 0.25) is 0 Å². The Morgan fingerprint density at radius 2 is 2.00 bits per heavy atom. The molecule has 1 atom stereocenters. The van der Waals surface area contributed by atoms with Crippen LogP contribution in [0.15, 0.2) is 40.7 Å². The maximum absolute atomic E-state index is 5.64. The summed E-state index contributed by atoms with van der Waals surface area (Å²) in [4.78, 5) is 8.91. The van der Waals surface area contributed by atoms with Gasteiger partial charge in [0.25, 0.3) is 0 Å². The normalized spacial score (nSPS) is 17.7. The van der Waals surface area contributed by atoms with Crippen LogP contribution in [0.4, 0.5) is 0 Å². The molecule has 158 valence electrons. The Bertz CT molecular complexity index is 771. The third-order valence-corrected chi connectivity index (χ3v) is 6.25. The van der Waals surface area contributed by atoms with Crippen LogP contribution < -0.4 is 16.0 Å². The summed E-state index contributed by atoms with van der Waals surface area (Å²) in [6, 6.07) is 10.9. The van der Waals surface area contributed by atoms with E-state index in [4.69, 9.17) is 4.74 Å². The van der Waals surface area contributed by atoms with E-state index < -0.39 is 0 Å². The summed E-state index contributed by atoms with van der Waals surface area (Å²) in [5, 5.41) is 14.1. The first-order valence-corrected chi connectivity index (χ1v) is 11.2. The number of aromatic nitrogens is 1. The van der Waals surface area contributed by atoms with Gasteiger partial charge in [-0.2, -0.15) is 0 Å². The van der Waals surface area contributed by atoms with Gasteiger partial charge in [-0.25, -0.2) is 4.98 Å². The predicted octanol–water partition coefficient (Wildman–Crippen LogP) is 3.06. The molecule has 1 aromatic carbocycles. The van der Waals surface area contributed by atoms with Crippen LogP contribution in [0.25, 0.3) is 0 Å². The number of nitrogens with zero attached hydrogens (tertiary/aromatic N) is 2. The van der Waals surface area contributed by atoms with E-state index in [0.29, 0.717) is 0 Å². The van der Waals surface area contributed by atoms with Crippen molar-refractivity contribution in [1.29, 1.82) is 0 Å². The fourth-order valence-corrected chi connectivity index (χ4v) is 4.37. The van der Waals surface area contributed by atoms with Crippen molar-refractivity contribution >= 4 is 17.3 Å². The second-order valence-corrected chi connectivity index (χ2v) is 8.69. The summed E-state index contributed by atoms with van der Waals surface area (Å²) in [6.45, 7) is 7.46. The first kappa shape index (κ1) is 21.7. The number of guanidine groups is 1. The molecule has 2 heterocycles. The molecule has 29 heavy (non-hydrogen) atoms. The number of ether oxygens (including phenoxy) is 1. The van der Waals surface area contributed by atoms with Gasteiger partial charge in [-0.15, -0.1) is 11.3 Å². The fraction of sp³-hybridized carbons (Fsp3) is 0.545. The molecule has 1 aliphatic rings. The molecule has 1 saturated heterocycles. The largest absolute Gasteiger partial charge is 0.381 e. The highest BCUT2D eigenvalue weighted by atomic mass is 32.1. The maximum Gasteiger partial charge on any atom is 0.191 e. The van der Waals surface area contributed by atoms with Crippen molar-refractivity contribution in [2.24, 2.45) is 4.99 Å². The van der Waals surface area contributed by atoms with Gasteiger partial charge in [0.1, 0.15) is 0 Å². The third-order valence-electron chi connectivity index (χ3n) is 5.43. The molecular weight excluding hydrogens is 382 g/mol. The zero-order chi connectivity index (χ0) is 20.5. The second kappa shape index (κ2) is 10.7. The Hall–Kier alpha value is -1.96. The van der Waals surface area contributed by atoms with Gasteiger partial charge < -0.3 is 20.7 Å². The van der Waals surface area contributed by atoms with Crippen LogP contribution in [0.3, 0.4) is 0 Å². The van der Waals surface area contributed by atoms with Crippen LogP contribution >= 0.6 is 11.3 Å². The van der Waals surface area contributed by atoms with Crippen LogP contribution in [0, 0.1) is 6.92 Å². The molecule has 0 aliphatic carbocycles. The van der Waals surface area contributed by atoms with Crippen molar-refractivity contribution in [3.63, 3.8) is 0 Å². The van der Waals surface area contributed by atoms with E-state index in [9.17, 15) is 0 Å². The Labute approximate surface area is 178 Å². The molecule has 1 aromatic heterocycles. The highest BCUT2D eigenvalue weighted by molar-refractivity contribution is 7.09. The monoisotopic (exact) mass is 415 g/mol. The lowest BCUT2D eigenvalue weighted by Crippen LogP contribution is -2.58. The molecule has 1 aliphatic heterocycles. The van der Waals surface area contributed by atoms with E-state index in [-0.39, 0.29) is 11.6 Å². The first-order valence-electron chi connectivity index (χ1n) is 10.4. The Morgan fingerprint density at radius 3 is 2.66 bits per heavy atom. The molecule has 6 nitrogen and oxygen atoms in total. The number of rotatable bonds is 8. The zero-order valence-electron chi connectivity index (χ0n) is 17.7. The van der Waals surface area contributed by atoms with Crippen LogP contribution in [0.1, 0.15) is 42.1 Å². The van der Waals surface area contributed by atoms with Crippen LogP contribution in [-0.4, -0.2) is 49.8 Å². The van der Waals surface area contributed by atoms with Gasteiger partial charge in [0.15, 0.2) is 5.96 Å². The van der Waals surface area contributed by atoms with Gasteiger partial charge >= 0.3 is 0 Å². The van der Waals surface area contributed by atoms with Crippen molar-refractivity contribution in [2.75, 3.05) is 33.4 Å². The number of hydrogen-bond donors (Lipinski definition) is 3. The average Bonchev–Trinajstić information content (AvgIpc) is 3.17. The van der Waals surface area contributed by atoms with Gasteiger partial charge in [-0.1, -0.05) is 30.3 Å². The summed E-state index contributed by atoms with van der Waals surface area (Å²) in [7, 11) is 1.82. The van der Waals surface area contributed by atoms with E-state index in [1.165, 1.54) is 5.56 Å². The topological polar surface area (TPSA) is 70.6 Å². The highest BCUT2D eigenvalue weighted by Gasteiger charge is 2.34. The standard InChI is InChI=1S/C22H33N5OS/c1-17(19-7-5-4-6-8-19)27-22(10-13-28-14-11-22)16-25-21(23-3)24-12-9-20-15-29-18(2)26-20/h4-8,15,17,27H,9-14,16H2,1-3H3,(H2,23,24,25). The third kappa shape index (κ3) is 6.52.